The van der Waals surface area contributed by atoms with Gasteiger partial charge in [-0.05, 0) is 41.7 Å². The molecule has 4 N–H and O–H groups in total. The second kappa shape index (κ2) is 15.1. The molecule has 3 fully saturated rings. The van der Waals surface area contributed by atoms with Crippen LogP contribution in [0.3, 0.4) is 0 Å². The van der Waals surface area contributed by atoms with E-state index in [1.807, 2.05) is 42.2 Å². The molecular weight excluding hydrogens is 508 g/mol. The van der Waals surface area contributed by atoms with Gasteiger partial charge in [-0.2, -0.15) is 5.26 Å². The Labute approximate surface area is 237 Å². The minimum atomic E-state index is -0.237. The first-order chi connectivity index (χ1) is 18.9. The summed E-state index contributed by atoms with van der Waals surface area (Å²) in [6.07, 6.45) is 1.50. The first-order valence-corrected chi connectivity index (χ1v) is 13.9. The van der Waals surface area contributed by atoms with Crippen LogP contribution in [0.4, 0.5) is 0 Å². The summed E-state index contributed by atoms with van der Waals surface area (Å²) in [6, 6.07) is 11.3. The maximum Gasteiger partial charge on any atom is 0.268 e. The number of hydrogen-bond donors (Lipinski definition) is 4. The van der Waals surface area contributed by atoms with Crippen molar-refractivity contribution in [3.05, 3.63) is 36.0 Å². The number of nitrogens with one attached hydrogen (secondary N) is 4. The van der Waals surface area contributed by atoms with Crippen molar-refractivity contribution in [1.82, 2.24) is 25.8 Å². The Bertz CT molecular complexity index is 1150. The van der Waals surface area contributed by atoms with Crippen molar-refractivity contribution >= 4 is 35.0 Å². The maximum atomic E-state index is 12.2. The number of piperidine rings is 1. The first kappa shape index (κ1) is 32.3. The molecule has 218 valence electrons. The van der Waals surface area contributed by atoms with Crippen molar-refractivity contribution in [3.63, 3.8) is 0 Å². The van der Waals surface area contributed by atoms with Crippen molar-refractivity contribution in [3.8, 4) is 6.07 Å². The number of fused-ring (bicyclic) bond motifs is 2. The Hall–Kier alpha value is -3.87. The van der Waals surface area contributed by atoms with Crippen molar-refractivity contribution in [2.75, 3.05) is 32.7 Å². The van der Waals surface area contributed by atoms with Crippen molar-refractivity contribution in [1.29, 1.82) is 5.26 Å². The average Bonchev–Trinajstić information content (AvgIpc) is 3.46. The largest absolute Gasteiger partial charge is 0.356 e. The van der Waals surface area contributed by atoms with Gasteiger partial charge in [-0.25, -0.2) is 0 Å². The van der Waals surface area contributed by atoms with E-state index >= 15 is 0 Å². The molecule has 5 rings (SSSR count). The van der Waals surface area contributed by atoms with Crippen molar-refractivity contribution in [2.45, 2.75) is 48.0 Å². The summed E-state index contributed by atoms with van der Waals surface area (Å²) in [5.74, 6) is 2.35. The highest BCUT2D eigenvalue weighted by molar-refractivity contribution is 5.99. The Kier molecular flexibility index (Phi) is 12.2. The molecule has 2 saturated heterocycles. The van der Waals surface area contributed by atoms with E-state index in [2.05, 4.69) is 55.6 Å². The number of aromatic nitrogens is 1. The van der Waals surface area contributed by atoms with Crippen LogP contribution in [0.1, 0.15) is 58.5 Å². The lowest BCUT2D eigenvalue weighted by Crippen LogP contribution is -2.41. The molecule has 3 aliphatic rings. The average molecular weight is 553 g/mol. The number of nitriles is 1. The number of hydrogen-bond acceptors (Lipinski definition) is 5. The minimum absolute atomic E-state index is 0.0115. The highest BCUT2D eigenvalue weighted by Gasteiger charge is 2.62. The Morgan fingerprint density at radius 1 is 1.20 bits per heavy atom. The SMILES string of the molecule is CC(C)C.CC1(C)C2CN(C(=O)CNC(=O)c3cc4ccccc4[nH]3)CC21.CC1CCNC1=O.N#CCNC=O. The van der Waals surface area contributed by atoms with E-state index in [1.54, 1.807) is 6.07 Å². The predicted molar refractivity (Wildman–Crippen MR) is 155 cm³/mol. The van der Waals surface area contributed by atoms with Crippen molar-refractivity contribution in [2.24, 2.45) is 29.1 Å². The summed E-state index contributed by atoms with van der Waals surface area (Å²) >= 11 is 0. The molecule has 3 atom stereocenters. The molecule has 2 aromatic rings. The van der Waals surface area contributed by atoms with Gasteiger partial charge in [0.15, 0.2) is 0 Å². The number of carbonyl (C=O) groups excluding carboxylic acids is 4. The van der Waals surface area contributed by atoms with E-state index in [1.165, 1.54) is 0 Å². The fraction of sp³-hybridized carbons (Fsp3) is 0.567. The van der Waals surface area contributed by atoms with Crippen LogP contribution in [0, 0.1) is 40.4 Å². The molecule has 1 aromatic heterocycles. The molecule has 1 aromatic carbocycles. The summed E-state index contributed by atoms with van der Waals surface area (Å²) in [5.41, 5.74) is 1.81. The number of H-pyrrole nitrogens is 1. The Morgan fingerprint density at radius 2 is 1.82 bits per heavy atom. The topological polar surface area (TPSA) is 147 Å². The molecule has 4 amide bonds. The second-order valence-corrected chi connectivity index (χ2v) is 11.7. The lowest BCUT2D eigenvalue weighted by Gasteiger charge is -2.22. The first-order valence-electron chi connectivity index (χ1n) is 13.9. The van der Waals surface area contributed by atoms with Gasteiger partial charge in [-0.3, -0.25) is 19.2 Å². The molecule has 40 heavy (non-hydrogen) atoms. The van der Waals surface area contributed by atoms with Gasteiger partial charge in [0, 0.05) is 36.5 Å². The van der Waals surface area contributed by atoms with Gasteiger partial charge >= 0.3 is 0 Å². The number of nitrogens with zero attached hydrogens (tertiary/aromatic N) is 2. The number of benzene rings is 1. The monoisotopic (exact) mass is 552 g/mol. The zero-order chi connectivity index (χ0) is 29.9. The fourth-order valence-electron chi connectivity index (χ4n) is 4.70. The number of likely N-dealkylation sites (tertiary alicyclic amines) is 1. The van der Waals surface area contributed by atoms with Gasteiger partial charge in [-0.15, -0.1) is 0 Å². The summed E-state index contributed by atoms with van der Waals surface area (Å²) in [6.45, 7) is 15.7. The molecule has 10 heteroatoms. The van der Waals surface area contributed by atoms with E-state index in [9.17, 15) is 19.2 Å². The van der Waals surface area contributed by atoms with E-state index in [0.717, 1.165) is 42.9 Å². The van der Waals surface area contributed by atoms with Gasteiger partial charge in [0.1, 0.15) is 12.2 Å². The van der Waals surface area contributed by atoms with Gasteiger partial charge in [0.2, 0.25) is 18.2 Å². The standard InChI is InChI=1S/C18H21N3O2.C5H9NO.C4H10.C3H4N2O/c1-18(2)12-9-21(10-13(12)18)16(22)8-19-17(23)15-7-11-5-3-4-6-14(11)20-15;1-4-2-3-6-5(4)7;1-4(2)3;4-1-2-5-3-6/h3-7,12-13,20H,8-10H2,1-2H3,(H,19,23);4H,2-3H2,1H3,(H,6,7);4H,1-3H3;3H,2H2,(H,5,6). The zero-order valence-electron chi connectivity index (χ0n) is 24.5. The van der Waals surface area contributed by atoms with Gasteiger partial charge in [-0.1, -0.05) is 59.7 Å². The lowest BCUT2D eigenvalue weighted by molar-refractivity contribution is -0.130. The van der Waals surface area contributed by atoms with Gasteiger partial charge < -0.3 is 25.8 Å². The van der Waals surface area contributed by atoms with Crippen LogP contribution < -0.4 is 16.0 Å². The third kappa shape index (κ3) is 9.40. The van der Waals surface area contributed by atoms with Crippen LogP contribution in [-0.2, 0) is 14.4 Å². The maximum absolute atomic E-state index is 12.2. The molecule has 1 aliphatic carbocycles. The van der Waals surface area contributed by atoms with E-state index in [4.69, 9.17) is 5.26 Å². The Morgan fingerprint density at radius 3 is 2.27 bits per heavy atom. The number of carbonyl (C=O) groups is 4. The summed E-state index contributed by atoms with van der Waals surface area (Å²) in [5, 5.41) is 16.3. The quantitative estimate of drug-likeness (QED) is 0.256. The molecule has 0 spiro atoms. The summed E-state index contributed by atoms with van der Waals surface area (Å²) < 4.78 is 0. The molecular formula is C30H44N6O4. The van der Waals surface area contributed by atoms with Crippen LogP contribution in [0.5, 0.6) is 0 Å². The molecule has 0 bridgehead atoms. The molecule has 3 heterocycles. The second-order valence-electron chi connectivity index (χ2n) is 11.7. The third-order valence-corrected chi connectivity index (χ3v) is 7.24. The van der Waals surface area contributed by atoms with Gasteiger partial charge in [0.05, 0.1) is 12.6 Å². The molecule has 1 saturated carbocycles. The molecule has 3 unspecified atom stereocenters. The van der Waals surface area contributed by atoms with Gasteiger partial charge in [0.25, 0.3) is 5.91 Å². The smallest absolute Gasteiger partial charge is 0.268 e. The van der Waals surface area contributed by atoms with Crippen LogP contribution in [0.2, 0.25) is 0 Å². The van der Waals surface area contributed by atoms with Crippen LogP contribution in [0.25, 0.3) is 10.9 Å². The Balaban J connectivity index is 0.000000269. The highest BCUT2D eigenvalue weighted by atomic mass is 16.2. The number of para-hydroxylation sites is 1. The zero-order valence-corrected chi connectivity index (χ0v) is 24.5. The van der Waals surface area contributed by atoms with E-state index < -0.39 is 0 Å². The lowest BCUT2D eigenvalue weighted by atomic mass is 10.1. The van der Waals surface area contributed by atoms with Crippen molar-refractivity contribution < 1.29 is 19.2 Å². The van der Waals surface area contributed by atoms with Crippen LogP contribution in [-0.4, -0.2) is 66.7 Å². The molecule has 2 aliphatic heterocycles. The van der Waals surface area contributed by atoms with Crippen LogP contribution >= 0.6 is 0 Å². The minimum Gasteiger partial charge on any atom is -0.356 e. The summed E-state index contributed by atoms with van der Waals surface area (Å²) in [7, 11) is 0. The third-order valence-electron chi connectivity index (χ3n) is 7.24. The number of rotatable bonds is 5. The number of aromatic amines is 1. The molecule has 0 radical (unpaired) electrons. The van der Waals surface area contributed by atoms with E-state index in [-0.39, 0.29) is 36.7 Å². The van der Waals surface area contributed by atoms with Crippen LogP contribution in [0.15, 0.2) is 30.3 Å². The summed E-state index contributed by atoms with van der Waals surface area (Å²) in [4.78, 5) is 49.2. The molecule has 10 nitrogen and oxygen atoms in total. The predicted octanol–water partition coefficient (Wildman–Crippen LogP) is 3.07. The number of amides is 4. The highest BCUT2D eigenvalue weighted by Crippen LogP contribution is 2.61. The fourth-order valence-corrected chi connectivity index (χ4v) is 4.70. The van der Waals surface area contributed by atoms with E-state index in [0.29, 0.717) is 29.4 Å². The normalized spacial score (nSPS) is 21.2.